The Balaban J connectivity index is 2.09. The van der Waals surface area contributed by atoms with Gasteiger partial charge >= 0.3 is 5.97 Å². The van der Waals surface area contributed by atoms with Crippen LogP contribution in [0, 0.1) is 0 Å². The van der Waals surface area contributed by atoms with Crippen molar-refractivity contribution >= 4 is 17.7 Å². The minimum atomic E-state index is -1.14. The van der Waals surface area contributed by atoms with Crippen LogP contribution in [0.1, 0.15) is 16.1 Å². The van der Waals surface area contributed by atoms with Gasteiger partial charge in [-0.15, -0.1) is 0 Å². The van der Waals surface area contributed by atoms with Crippen LogP contribution in [-0.2, 0) is 11.2 Å². The number of hydrogen-bond acceptors (Lipinski definition) is 4. The zero-order chi connectivity index (χ0) is 13.0. The van der Waals surface area contributed by atoms with E-state index in [1.165, 1.54) is 24.5 Å². The Hall–Kier alpha value is -2.70. The first kappa shape index (κ1) is 11.8. The molecular formula is C11H10N4O3. The highest BCUT2D eigenvalue weighted by molar-refractivity contribution is 5.99. The molecule has 2 rings (SSSR count). The van der Waals surface area contributed by atoms with E-state index in [0.717, 1.165) is 0 Å². The number of pyridine rings is 1. The Morgan fingerprint density at radius 3 is 2.83 bits per heavy atom. The van der Waals surface area contributed by atoms with E-state index in [0.29, 0.717) is 5.69 Å². The molecule has 92 valence electrons. The van der Waals surface area contributed by atoms with Gasteiger partial charge in [0.1, 0.15) is 11.4 Å². The van der Waals surface area contributed by atoms with E-state index >= 15 is 0 Å². The van der Waals surface area contributed by atoms with Gasteiger partial charge < -0.3 is 10.4 Å². The highest BCUT2D eigenvalue weighted by Gasteiger charge is 2.13. The van der Waals surface area contributed by atoms with E-state index in [-0.39, 0.29) is 23.7 Å². The van der Waals surface area contributed by atoms with Crippen LogP contribution >= 0.6 is 0 Å². The third kappa shape index (κ3) is 2.70. The molecule has 2 aromatic heterocycles. The number of H-pyrrole nitrogens is 1. The number of anilines is 1. The summed E-state index contributed by atoms with van der Waals surface area (Å²) < 4.78 is 0. The van der Waals surface area contributed by atoms with Gasteiger partial charge in [-0.1, -0.05) is 0 Å². The molecule has 0 fully saturated rings. The maximum absolute atomic E-state index is 11.7. The molecule has 3 N–H and O–H groups in total. The predicted octanol–water partition coefficient (Wildman–Crippen LogP) is 0.684. The second-order valence-electron chi connectivity index (χ2n) is 3.51. The van der Waals surface area contributed by atoms with Crippen molar-refractivity contribution in [3.63, 3.8) is 0 Å². The van der Waals surface area contributed by atoms with Crippen molar-refractivity contribution < 1.29 is 14.7 Å². The molecule has 0 unspecified atom stereocenters. The van der Waals surface area contributed by atoms with Gasteiger partial charge in [-0.05, 0) is 18.2 Å². The molecule has 0 aliphatic heterocycles. The topological polar surface area (TPSA) is 108 Å². The lowest BCUT2D eigenvalue weighted by molar-refractivity contribution is -0.115. The average Bonchev–Trinajstić information content (AvgIpc) is 2.82. The summed E-state index contributed by atoms with van der Waals surface area (Å²) in [5.41, 5.74) is 0.593. The van der Waals surface area contributed by atoms with Crippen molar-refractivity contribution in [3.05, 3.63) is 41.9 Å². The second kappa shape index (κ2) is 5.09. The van der Waals surface area contributed by atoms with Crippen molar-refractivity contribution in [2.75, 3.05) is 5.32 Å². The van der Waals surface area contributed by atoms with Gasteiger partial charge in [-0.2, -0.15) is 5.10 Å². The van der Waals surface area contributed by atoms with Gasteiger partial charge in [-0.3, -0.25) is 9.89 Å². The summed E-state index contributed by atoms with van der Waals surface area (Å²) in [5.74, 6) is -1.46. The molecular weight excluding hydrogens is 236 g/mol. The van der Waals surface area contributed by atoms with Gasteiger partial charge in [0.15, 0.2) is 0 Å². The largest absolute Gasteiger partial charge is 0.478 e. The predicted molar refractivity (Wildman–Crippen MR) is 62.1 cm³/mol. The molecule has 0 saturated heterocycles. The number of aromatic carboxylic acids is 1. The first-order chi connectivity index (χ1) is 8.66. The summed E-state index contributed by atoms with van der Waals surface area (Å²) in [6.45, 7) is 0. The van der Waals surface area contributed by atoms with Gasteiger partial charge in [0.25, 0.3) is 0 Å². The molecule has 0 saturated carbocycles. The van der Waals surface area contributed by atoms with Gasteiger partial charge in [-0.25, -0.2) is 9.78 Å². The summed E-state index contributed by atoms with van der Waals surface area (Å²) in [7, 11) is 0. The molecule has 0 aliphatic rings. The first-order valence-electron chi connectivity index (χ1n) is 5.13. The fraction of sp³-hybridized carbons (Fsp3) is 0.0909. The van der Waals surface area contributed by atoms with E-state index in [2.05, 4.69) is 20.5 Å². The van der Waals surface area contributed by atoms with Crippen molar-refractivity contribution in [3.8, 4) is 0 Å². The quantitative estimate of drug-likeness (QED) is 0.735. The van der Waals surface area contributed by atoms with E-state index in [9.17, 15) is 9.59 Å². The van der Waals surface area contributed by atoms with Crippen molar-refractivity contribution in [2.45, 2.75) is 6.42 Å². The first-order valence-corrected chi connectivity index (χ1v) is 5.13. The number of amides is 1. The molecule has 7 heteroatoms. The van der Waals surface area contributed by atoms with Crippen molar-refractivity contribution in [1.29, 1.82) is 0 Å². The molecule has 2 heterocycles. The third-order valence-corrected chi connectivity index (χ3v) is 2.21. The Morgan fingerprint density at radius 2 is 2.17 bits per heavy atom. The molecule has 0 bridgehead atoms. The van der Waals surface area contributed by atoms with Crippen LogP contribution in [0.3, 0.4) is 0 Å². The van der Waals surface area contributed by atoms with Crippen LogP contribution in [-0.4, -0.2) is 32.2 Å². The van der Waals surface area contributed by atoms with E-state index < -0.39 is 5.97 Å². The maximum atomic E-state index is 11.7. The smallest absolute Gasteiger partial charge is 0.339 e. The van der Waals surface area contributed by atoms with Crippen LogP contribution in [0.25, 0.3) is 0 Å². The molecule has 7 nitrogen and oxygen atoms in total. The molecule has 0 aliphatic carbocycles. The number of carboxylic acids is 1. The minimum absolute atomic E-state index is 0.0366. The third-order valence-electron chi connectivity index (χ3n) is 2.21. The molecule has 2 aromatic rings. The SMILES string of the molecule is O=C(Cc1ccn[nH]1)Nc1ncccc1C(=O)O. The lowest BCUT2D eigenvalue weighted by Gasteiger charge is -2.06. The lowest BCUT2D eigenvalue weighted by atomic mass is 10.2. The molecule has 0 radical (unpaired) electrons. The number of aromatic amines is 1. The number of aromatic nitrogens is 3. The monoisotopic (exact) mass is 246 g/mol. The molecule has 18 heavy (non-hydrogen) atoms. The Labute approximate surface area is 102 Å². The Kier molecular flexibility index (Phi) is 3.33. The number of nitrogens with zero attached hydrogens (tertiary/aromatic N) is 2. The Bertz CT molecular complexity index is 565. The summed E-state index contributed by atoms with van der Waals surface area (Å²) in [5, 5.41) is 17.7. The van der Waals surface area contributed by atoms with E-state index in [1.54, 1.807) is 6.07 Å². The standard InChI is InChI=1S/C11H10N4O3/c16-9(6-7-3-5-13-15-7)14-10-8(11(17)18)2-1-4-12-10/h1-5H,6H2,(H,13,15)(H,17,18)(H,12,14,16). The second-order valence-corrected chi connectivity index (χ2v) is 3.51. The summed E-state index contributed by atoms with van der Waals surface area (Å²) in [4.78, 5) is 26.4. The summed E-state index contributed by atoms with van der Waals surface area (Å²) in [6.07, 6.45) is 3.03. The molecule has 0 spiro atoms. The van der Waals surface area contributed by atoms with Gasteiger partial charge in [0.2, 0.25) is 5.91 Å². The number of rotatable bonds is 4. The average molecular weight is 246 g/mol. The zero-order valence-electron chi connectivity index (χ0n) is 9.25. The minimum Gasteiger partial charge on any atom is -0.478 e. The summed E-state index contributed by atoms with van der Waals surface area (Å²) in [6, 6.07) is 4.53. The van der Waals surface area contributed by atoms with Gasteiger partial charge in [0, 0.05) is 18.1 Å². The van der Waals surface area contributed by atoms with Crippen LogP contribution in [0.2, 0.25) is 0 Å². The number of hydrogen-bond donors (Lipinski definition) is 3. The number of carbonyl (C=O) groups is 2. The fourth-order valence-electron chi connectivity index (χ4n) is 1.41. The normalized spacial score (nSPS) is 10.0. The van der Waals surface area contributed by atoms with E-state index in [1.807, 2.05) is 0 Å². The number of carboxylic acid groups (broad SMARTS) is 1. The van der Waals surface area contributed by atoms with Crippen LogP contribution in [0.15, 0.2) is 30.6 Å². The maximum Gasteiger partial charge on any atom is 0.339 e. The van der Waals surface area contributed by atoms with Gasteiger partial charge in [0.05, 0.1) is 6.42 Å². The van der Waals surface area contributed by atoms with E-state index in [4.69, 9.17) is 5.11 Å². The van der Waals surface area contributed by atoms with Crippen LogP contribution in [0.4, 0.5) is 5.82 Å². The summed E-state index contributed by atoms with van der Waals surface area (Å²) >= 11 is 0. The van der Waals surface area contributed by atoms with Crippen LogP contribution in [0.5, 0.6) is 0 Å². The lowest BCUT2D eigenvalue weighted by Crippen LogP contribution is -2.18. The Morgan fingerprint density at radius 1 is 1.33 bits per heavy atom. The fourth-order valence-corrected chi connectivity index (χ4v) is 1.41. The number of nitrogens with one attached hydrogen (secondary N) is 2. The highest BCUT2D eigenvalue weighted by Crippen LogP contribution is 2.11. The molecule has 1 amide bonds. The van der Waals surface area contributed by atoms with Crippen LogP contribution < -0.4 is 5.32 Å². The highest BCUT2D eigenvalue weighted by atomic mass is 16.4. The number of carbonyl (C=O) groups excluding carboxylic acids is 1. The molecule has 0 atom stereocenters. The molecule has 0 aromatic carbocycles. The van der Waals surface area contributed by atoms with Crippen molar-refractivity contribution in [1.82, 2.24) is 15.2 Å². The van der Waals surface area contributed by atoms with Crippen molar-refractivity contribution in [2.24, 2.45) is 0 Å². The zero-order valence-corrected chi connectivity index (χ0v) is 9.25.